The maximum absolute atomic E-state index is 11.8. The number of nitrogens with zero attached hydrogens (tertiary/aromatic N) is 1. The molecule has 0 aromatic carbocycles. The van der Waals surface area contributed by atoms with Gasteiger partial charge in [-0.1, -0.05) is 58.3 Å². The molecule has 0 unspecified atom stereocenters. The van der Waals surface area contributed by atoms with Crippen LogP contribution in [0.5, 0.6) is 0 Å². The third-order valence-corrected chi connectivity index (χ3v) is 4.02. The predicted molar refractivity (Wildman–Crippen MR) is 100.0 cm³/mol. The highest BCUT2D eigenvalue weighted by atomic mass is 32.2. The summed E-state index contributed by atoms with van der Waals surface area (Å²) < 4.78 is 28.1. The normalized spacial score (nSPS) is 11.8. The van der Waals surface area contributed by atoms with Gasteiger partial charge >= 0.3 is 0 Å². The Balaban J connectivity index is 0. The maximum Gasteiger partial charge on any atom is 0.186 e. The van der Waals surface area contributed by atoms with Crippen LogP contribution in [0.4, 0.5) is 0 Å². The van der Waals surface area contributed by atoms with Crippen LogP contribution >= 0.6 is 0 Å². The molecule has 0 aliphatic rings. The highest BCUT2D eigenvalue weighted by Gasteiger charge is 2.16. The second-order valence-corrected chi connectivity index (χ2v) is 8.64. The molecule has 24 heavy (non-hydrogen) atoms. The third kappa shape index (κ3) is 26.4. The van der Waals surface area contributed by atoms with Crippen molar-refractivity contribution in [3.05, 3.63) is 0 Å². The van der Waals surface area contributed by atoms with Crippen molar-refractivity contribution < 1.29 is 22.2 Å². The molecule has 0 aromatic heterocycles. The molecule has 0 N–H and O–H groups in total. The monoisotopic (exact) mass is 365 g/mol. The lowest BCUT2D eigenvalue weighted by molar-refractivity contribution is -0.880. The molecule has 0 heterocycles. The van der Waals surface area contributed by atoms with Gasteiger partial charge in [-0.3, -0.25) is 4.79 Å². The molecule has 0 spiro atoms. The fourth-order valence-corrected chi connectivity index (χ4v) is 2.30. The van der Waals surface area contributed by atoms with Crippen molar-refractivity contribution in [2.24, 2.45) is 0 Å². The summed E-state index contributed by atoms with van der Waals surface area (Å²) in [6, 6.07) is 0. The van der Waals surface area contributed by atoms with Gasteiger partial charge in [0.1, 0.15) is 6.54 Å². The number of unbranched alkanes of at least 4 members (excludes halogenated alkanes) is 8. The summed E-state index contributed by atoms with van der Waals surface area (Å²) in [4.78, 5) is 11.8. The van der Waals surface area contributed by atoms with Gasteiger partial charge in [0.15, 0.2) is 5.78 Å². The van der Waals surface area contributed by atoms with Crippen LogP contribution in [0.1, 0.15) is 78.1 Å². The largest absolute Gasteiger partial charge is 0.748 e. The van der Waals surface area contributed by atoms with Crippen LogP contribution < -0.4 is 0 Å². The van der Waals surface area contributed by atoms with Gasteiger partial charge < -0.3 is 9.04 Å². The zero-order valence-electron chi connectivity index (χ0n) is 16.5. The molecule has 0 aliphatic carbocycles. The van der Waals surface area contributed by atoms with Crippen LogP contribution in [-0.4, -0.2) is 56.7 Å². The van der Waals surface area contributed by atoms with Crippen molar-refractivity contribution in [2.75, 3.05) is 33.4 Å². The molecule has 5 nitrogen and oxygen atoms in total. The summed E-state index contributed by atoms with van der Waals surface area (Å²) in [5.74, 6) is 0.440. The molecule has 0 saturated carbocycles. The van der Waals surface area contributed by atoms with Gasteiger partial charge in [0, 0.05) is 12.7 Å². The molecule has 146 valence electrons. The van der Waals surface area contributed by atoms with Gasteiger partial charge in [-0.25, -0.2) is 8.42 Å². The molecule has 0 saturated heterocycles. The molecule has 0 bridgehead atoms. The van der Waals surface area contributed by atoms with Crippen molar-refractivity contribution in [3.63, 3.8) is 0 Å². The van der Waals surface area contributed by atoms with E-state index in [0.717, 1.165) is 23.9 Å². The zero-order valence-corrected chi connectivity index (χ0v) is 17.3. The standard InChI is InChI=1S/C17H36NO.CH4O3S/c1-5-7-8-9-10-11-12-13-14-15-17(19)16-18(3,4)6-2;1-5(2,3)4/h5-16H2,1-4H3;1H3,(H,2,3,4)/q+1;/p-1. The summed E-state index contributed by atoms with van der Waals surface area (Å²) in [5, 5.41) is 0. The fraction of sp³-hybridized carbons (Fsp3) is 0.944. The Labute approximate surface area is 150 Å². The van der Waals surface area contributed by atoms with Gasteiger partial charge in [0.25, 0.3) is 0 Å². The average Bonchev–Trinajstić information content (AvgIpc) is 2.43. The van der Waals surface area contributed by atoms with Crippen molar-refractivity contribution in [3.8, 4) is 0 Å². The van der Waals surface area contributed by atoms with Gasteiger partial charge in [0.05, 0.1) is 30.8 Å². The van der Waals surface area contributed by atoms with Crippen molar-refractivity contribution in [2.45, 2.75) is 78.1 Å². The number of Topliss-reactive ketones (excluding diaryl/α,β-unsaturated/α-hetero) is 1. The minimum absolute atomic E-state index is 0.440. The van der Waals surface area contributed by atoms with Crippen molar-refractivity contribution in [1.29, 1.82) is 0 Å². The number of likely N-dealkylation sites (N-methyl/N-ethyl adjacent to an activating group) is 1. The molecule has 0 amide bonds. The summed E-state index contributed by atoms with van der Waals surface area (Å²) in [7, 11) is 0.350. The van der Waals surface area contributed by atoms with Gasteiger partial charge in [-0.05, 0) is 13.3 Å². The fourth-order valence-electron chi connectivity index (χ4n) is 2.30. The van der Waals surface area contributed by atoms with Crippen LogP contribution in [-0.2, 0) is 14.9 Å². The number of carbonyl (C=O) groups excluding carboxylic acids is 1. The minimum Gasteiger partial charge on any atom is -0.748 e. The van der Waals surface area contributed by atoms with E-state index < -0.39 is 10.1 Å². The predicted octanol–water partition coefficient (Wildman–Crippen LogP) is 3.73. The summed E-state index contributed by atoms with van der Waals surface area (Å²) in [5.41, 5.74) is 0. The van der Waals surface area contributed by atoms with Crippen molar-refractivity contribution in [1.82, 2.24) is 0 Å². The lowest BCUT2D eigenvalue weighted by Crippen LogP contribution is -2.43. The number of rotatable bonds is 13. The van der Waals surface area contributed by atoms with Gasteiger partial charge in [0.2, 0.25) is 0 Å². The zero-order chi connectivity index (χ0) is 19.1. The number of quaternary nitrogens is 1. The van der Waals surface area contributed by atoms with E-state index in [-0.39, 0.29) is 0 Å². The molecule has 0 fully saturated rings. The molecule has 0 atom stereocenters. The molecular formula is C18H39NO4S. The first kappa shape index (κ1) is 25.8. The van der Waals surface area contributed by atoms with E-state index >= 15 is 0 Å². The van der Waals surface area contributed by atoms with E-state index in [9.17, 15) is 4.79 Å². The van der Waals surface area contributed by atoms with Crippen molar-refractivity contribution >= 4 is 15.9 Å². The number of hydrogen-bond donors (Lipinski definition) is 0. The quantitative estimate of drug-likeness (QED) is 0.283. The van der Waals surface area contributed by atoms with E-state index in [1.807, 2.05) is 0 Å². The molecular weight excluding hydrogens is 326 g/mol. The first-order valence-corrected chi connectivity index (χ1v) is 11.1. The Morgan fingerprint density at radius 3 is 1.62 bits per heavy atom. The third-order valence-electron chi connectivity index (χ3n) is 4.02. The minimum atomic E-state index is -3.92. The Kier molecular flexibility index (Phi) is 15.9. The first-order chi connectivity index (χ1) is 11.0. The highest BCUT2D eigenvalue weighted by Crippen LogP contribution is 2.11. The lowest BCUT2D eigenvalue weighted by Gasteiger charge is -2.27. The Hall–Kier alpha value is -0.460. The van der Waals surface area contributed by atoms with E-state index in [1.54, 1.807) is 0 Å². The Morgan fingerprint density at radius 1 is 0.875 bits per heavy atom. The van der Waals surface area contributed by atoms with Crippen LogP contribution in [0.15, 0.2) is 0 Å². The van der Waals surface area contributed by atoms with E-state index in [0.29, 0.717) is 18.6 Å². The average molecular weight is 366 g/mol. The highest BCUT2D eigenvalue weighted by molar-refractivity contribution is 7.84. The second-order valence-electron chi connectivity index (χ2n) is 7.23. The van der Waals surface area contributed by atoms with E-state index in [4.69, 9.17) is 13.0 Å². The second kappa shape index (κ2) is 14.8. The van der Waals surface area contributed by atoms with E-state index in [1.165, 1.54) is 51.4 Å². The Morgan fingerprint density at radius 2 is 1.25 bits per heavy atom. The van der Waals surface area contributed by atoms with Crippen LogP contribution in [0.2, 0.25) is 0 Å². The molecule has 6 heteroatoms. The SMILES string of the molecule is CCCCCCCCCCCC(=O)C[N+](C)(C)CC.CS(=O)(=O)[O-]. The summed E-state index contributed by atoms with van der Waals surface area (Å²) in [6.45, 7) is 6.14. The molecule has 0 aromatic rings. The topological polar surface area (TPSA) is 74.3 Å². The summed E-state index contributed by atoms with van der Waals surface area (Å²) in [6.07, 6.45) is 13.3. The van der Waals surface area contributed by atoms with Crippen LogP contribution in [0.25, 0.3) is 0 Å². The van der Waals surface area contributed by atoms with Crippen LogP contribution in [0.3, 0.4) is 0 Å². The van der Waals surface area contributed by atoms with E-state index in [2.05, 4.69) is 27.9 Å². The molecule has 0 radical (unpaired) electrons. The molecule has 0 aliphatic heterocycles. The summed E-state index contributed by atoms with van der Waals surface area (Å²) >= 11 is 0. The number of ketones is 1. The number of hydrogen-bond acceptors (Lipinski definition) is 4. The first-order valence-electron chi connectivity index (χ1n) is 9.26. The number of carbonyl (C=O) groups is 1. The Bertz CT molecular complexity index is 397. The van der Waals surface area contributed by atoms with Gasteiger partial charge in [-0.15, -0.1) is 0 Å². The van der Waals surface area contributed by atoms with Gasteiger partial charge in [-0.2, -0.15) is 0 Å². The van der Waals surface area contributed by atoms with Crippen LogP contribution in [0, 0.1) is 0 Å². The molecule has 0 rings (SSSR count). The lowest BCUT2D eigenvalue weighted by atomic mass is 10.1. The smallest absolute Gasteiger partial charge is 0.186 e. The maximum atomic E-state index is 11.8.